The second-order valence-corrected chi connectivity index (χ2v) is 5.48. The third kappa shape index (κ3) is 4.78. The molecule has 0 spiro atoms. The second-order valence-electron chi connectivity index (χ2n) is 2.73. The van der Waals surface area contributed by atoms with E-state index in [0.29, 0.717) is 22.4 Å². The molecule has 0 bridgehead atoms. The Labute approximate surface area is 100 Å². The molecule has 5 nitrogen and oxygen atoms in total. The Hall–Kier alpha value is -0.370. The molecule has 0 aromatic carbocycles. The molecule has 1 rings (SSSR count). The van der Waals surface area contributed by atoms with Crippen LogP contribution in [0.3, 0.4) is 0 Å². The summed E-state index contributed by atoms with van der Waals surface area (Å²) in [7, 11) is 0. The summed E-state index contributed by atoms with van der Waals surface area (Å²) in [6.07, 6.45) is 0.451. The van der Waals surface area contributed by atoms with Gasteiger partial charge in [-0.25, -0.2) is 0 Å². The van der Waals surface area contributed by atoms with Crippen molar-refractivity contribution in [3.05, 3.63) is 9.47 Å². The molecular weight excluding hydrogens is 258 g/mol. The van der Waals surface area contributed by atoms with Crippen LogP contribution in [0.25, 0.3) is 0 Å². The molecule has 0 amide bonds. The Morgan fingerprint density at radius 1 is 1.67 bits per heavy atom. The van der Waals surface area contributed by atoms with E-state index in [9.17, 15) is 4.79 Å². The zero-order valence-electron chi connectivity index (χ0n) is 7.72. The molecule has 0 aliphatic rings. The number of aromatic nitrogens is 2. The van der Waals surface area contributed by atoms with E-state index in [4.69, 9.17) is 22.4 Å². The molecule has 0 aliphatic carbocycles. The summed E-state index contributed by atoms with van der Waals surface area (Å²) in [5, 5.41) is 16.9. The van der Waals surface area contributed by atoms with Crippen molar-refractivity contribution in [1.29, 1.82) is 0 Å². The van der Waals surface area contributed by atoms with Gasteiger partial charge in [-0.3, -0.25) is 4.79 Å². The lowest BCUT2D eigenvalue weighted by Crippen LogP contribution is -2.30. The molecule has 1 aromatic rings. The van der Waals surface area contributed by atoms with Crippen molar-refractivity contribution in [3.8, 4) is 0 Å². The highest BCUT2D eigenvalue weighted by Crippen LogP contribution is 2.20. The molecule has 0 radical (unpaired) electrons. The fraction of sp³-hybridized carbons (Fsp3) is 0.571. The monoisotopic (exact) mass is 267 g/mol. The molecule has 3 N–H and O–H groups in total. The average Bonchev–Trinajstić information content (AvgIpc) is 2.58. The number of hydrogen-bond donors (Lipinski definition) is 2. The highest BCUT2D eigenvalue weighted by atomic mass is 35.5. The number of rotatable bonds is 6. The maximum Gasteiger partial charge on any atom is 0.320 e. The van der Waals surface area contributed by atoms with E-state index >= 15 is 0 Å². The van der Waals surface area contributed by atoms with Crippen LogP contribution in [0.1, 0.15) is 11.4 Å². The fourth-order valence-corrected chi connectivity index (χ4v) is 2.73. The highest BCUT2D eigenvalue weighted by molar-refractivity contribution is 7.98. The number of nitrogens with zero attached hydrogens (tertiary/aromatic N) is 2. The maximum atomic E-state index is 10.4. The van der Waals surface area contributed by atoms with Crippen LogP contribution in [-0.4, -0.2) is 33.1 Å². The minimum absolute atomic E-state index is 0.424. The number of aliphatic carboxylic acids is 1. The van der Waals surface area contributed by atoms with E-state index < -0.39 is 12.0 Å². The lowest BCUT2D eigenvalue weighted by molar-refractivity contribution is -0.138. The third-order valence-electron chi connectivity index (χ3n) is 1.56. The van der Waals surface area contributed by atoms with Crippen molar-refractivity contribution in [2.45, 2.75) is 18.2 Å². The molecule has 0 fully saturated rings. The van der Waals surface area contributed by atoms with Gasteiger partial charge in [0.05, 0.1) is 0 Å². The summed E-state index contributed by atoms with van der Waals surface area (Å²) >= 11 is 8.50. The third-order valence-corrected chi connectivity index (χ3v) is 3.76. The van der Waals surface area contributed by atoms with E-state index in [1.807, 2.05) is 0 Å². The van der Waals surface area contributed by atoms with E-state index in [0.717, 1.165) is 5.01 Å². The minimum atomic E-state index is -0.963. The highest BCUT2D eigenvalue weighted by Gasteiger charge is 2.10. The van der Waals surface area contributed by atoms with Crippen molar-refractivity contribution in [3.63, 3.8) is 0 Å². The second kappa shape index (κ2) is 6.26. The van der Waals surface area contributed by atoms with E-state index in [1.165, 1.54) is 11.3 Å². The summed E-state index contributed by atoms with van der Waals surface area (Å²) in [6, 6.07) is -0.782. The Bertz CT molecular complexity index is 334. The van der Waals surface area contributed by atoms with Gasteiger partial charge in [-0.2, -0.15) is 11.8 Å². The van der Waals surface area contributed by atoms with Crippen LogP contribution in [0.5, 0.6) is 0 Å². The number of carboxylic acid groups (broad SMARTS) is 1. The summed E-state index contributed by atoms with van der Waals surface area (Å²) in [5.74, 6) is 0.413. The first-order valence-electron chi connectivity index (χ1n) is 4.13. The summed E-state index contributed by atoms with van der Waals surface area (Å²) < 4.78 is 0.424. The van der Waals surface area contributed by atoms with Crippen molar-refractivity contribution < 1.29 is 9.90 Å². The van der Waals surface area contributed by atoms with Gasteiger partial charge in [0, 0.05) is 5.75 Å². The van der Waals surface area contributed by atoms with Crippen molar-refractivity contribution >= 4 is 40.7 Å². The predicted octanol–water partition coefficient (Wildman–Crippen LogP) is 1.23. The molecule has 0 saturated heterocycles. The SMILES string of the molecule is NC(CCSCc1nnc(Cl)s1)C(=O)O. The minimum Gasteiger partial charge on any atom is -0.480 e. The standard InChI is InChI=1S/C7H10ClN3O2S2/c8-7-11-10-5(15-7)3-14-2-1-4(9)6(12)13/h4H,1-3,9H2,(H,12,13). The quantitative estimate of drug-likeness (QED) is 0.754. The Morgan fingerprint density at radius 3 is 2.93 bits per heavy atom. The summed E-state index contributed by atoms with van der Waals surface area (Å²) in [4.78, 5) is 10.4. The number of carbonyl (C=O) groups is 1. The van der Waals surface area contributed by atoms with Crippen LogP contribution in [0.15, 0.2) is 0 Å². The van der Waals surface area contributed by atoms with E-state index in [-0.39, 0.29) is 0 Å². The predicted molar refractivity (Wildman–Crippen MR) is 61.3 cm³/mol. The molecule has 1 unspecified atom stereocenters. The topological polar surface area (TPSA) is 89.1 Å². The number of halogens is 1. The van der Waals surface area contributed by atoms with Crippen LogP contribution in [0, 0.1) is 0 Å². The molecule has 15 heavy (non-hydrogen) atoms. The molecule has 1 heterocycles. The Kier molecular flexibility index (Phi) is 5.30. The molecule has 0 saturated carbocycles. The van der Waals surface area contributed by atoms with Crippen molar-refractivity contribution in [1.82, 2.24) is 10.2 Å². The number of thioether (sulfide) groups is 1. The van der Waals surface area contributed by atoms with Crippen LogP contribution in [0.2, 0.25) is 4.47 Å². The van der Waals surface area contributed by atoms with Crippen molar-refractivity contribution in [2.24, 2.45) is 5.73 Å². The Balaban J connectivity index is 2.14. The molecule has 84 valence electrons. The number of hydrogen-bond acceptors (Lipinski definition) is 6. The number of carboxylic acids is 1. The van der Waals surface area contributed by atoms with Crippen LogP contribution in [0.4, 0.5) is 0 Å². The van der Waals surface area contributed by atoms with Gasteiger partial charge in [0.2, 0.25) is 4.47 Å². The van der Waals surface area contributed by atoms with Gasteiger partial charge in [-0.05, 0) is 23.8 Å². The van der Waals surface area contributed by atoms with Gasteiger partial charge in [0.1, 0.15) is 11.0 Å². The van der Waals surface area contributed by atoms with Gasteiger partial charge in [0.25, 0.3) is 0 Å². The molecule has 8 heteroatoms. The molecule has 1 aromatic heterocycles. The first-order valence-corrected chi connectivity index (χ1v) is 6.48. The van der Waals surface area contributed by atoms with Gasteiger partial charge in [-0.15, -0.1) is 10.2 Å². The fourth-order valence-electron chi connectivity index (χ4n) is 0.785. The summed E-state index contributed by atoms with van der Waals surface area (Å²) in [6.45, 7) is 0. The van der Waals surface area contributed by atoms with Crippen LogP contribution in [-0.2, 0) is 10.5 Å². The van der Waals surface area contributed by atoms with E-state index in [1.54, 1.807) is 11.8 Å². The lowest BCUT2D eigenvalue weighted by Gasteiger charge is -2.04. The Morgan fingerprint density at radius 2 is 2.40 bits per heavy atom. The smallest absolute Gasteiger partial charge is 0.320 e. The van der Waals surface area contributed by atoms with Gasteiger partial charge >= 0.3 is 5.97 Å². The lowest BCUT2D eigenvalue weighted by atomic mass is 10.2. The maximum absolute atomic E-state index is 10.4. The van der Waals surface area contributed by atoms with Gasteiger partial charge in [-0.1, -0.05) is 11.3 Å². The zero-order chi connectivity index (χ0) is 11.3. The van der Waals surface area contributed by atoms with Gasteiger partial charge in [0.15, 0.2) is 0 Å². The van der Waals surface area contributed by atoms with Crippen LogP contribution < -0.4 is 5.73 Å². The molecule has 0 aliphatic heterocycles. The summed E-state index contributed by atoms with van der Waals surface area (Å²) in [5.41, 5.74) is 5.34. The van der Waals surface area contributed by atoms with Gasteiger partial charge < -0.3 is 10.8 Å². The largest absolute Gasteiger partial charge is 0.480 e. The van der Waals surface area contributed by atoms with Crippen molar-refractivity contribution in [2.75, 3.05) is 5.75 Å². The van der Waals surface area contributed by atoms with Crippen LogP contribution >= 0.6 is 34.7 Å². The first-order chi connectivity index (χ1) is 7.09. The first kappa shape index (κ1) is 12.7. The average molecular weight is 268 g/mol. The number of nitrogens with two attached hydrogens (primary N) is 1. The zero-order valence-corrected chi connectivity index (χ0v) is 10.1. The van der Waals surface area contributed by atoms with E-state index in [2.05, 4.69) is 10.2 Å². The molecule has 1 atom stereocenters. The normalized spacial score (nSPS) is 12.7. The molecular formula is C7H10ClN3O2S2.